The Morgan fingerprint density at radius 3 is 2.38 bits per heavy atom. The Morgan fingerprint density at radius 1 is 1.75 bits per heavy atom. The third-order valence-corrected chi connectivity index (χ3v) is 0.877. The average Bonchev–Trinajstić information content (AvgIpc) is 1.67. The second-order valence-corrected chi connectivity index (χ2v) is 2.05. The predicted octanol–water partition coefficient (Wildman–Crippen LogP) is 1.10. The summed E-state index contributed by atoms with van der Waals surface area (Å²) in [6, 6.07) is 0. The van der Waals surface area contributed by atoms with Gasteiger partial charge in [0.25, 0.3) is 0 Å². The van der Waals surface area contributed by atoms with Crippen LogP contribution >= 0.6 is 12.6 Å². The molecule has 0 aromatic heterocycles. The Labute approximate surface area is 55.1 Å². The average molecular weight is 133 g/mol. The highest BCUT2D eigenvalue weighted by molar-refractivity contribution is 7.84. The summed E-state index contributed by atoms with van der Waals surface area (Å²) in [6.45, 7) is 4.27. The molecule has 0 radical (unpaired) electrons. The van der Waals surface area contributed by atoms with Gasteiger partial charge in [0.2, 0.25) is 0 Å². The molecule has 0 aromatic carbocycles. The molecule has 0 saturated carbocycles. The van der Waals surface area contributed by atoms with Crippen LogP contribution in [0.3, 0.4) is 0 Å². The van der Waals surface area contributed by atoms with Gasteiger partial charge in [0.15, 0.2) is 5.88 Å². The van der Waals surface area contributed by atoms with Gasteiger partial charge in [-0.2, -0.15) is 0 Å². The van der Waals surface area contributed by atoms with Gasteiger partial charge in [-0.3, -0.25) is 0 Å². The quantitative estimate of drug-likeness (QED) is 0.437. The summed E-state index contributed by atoms with van der Waals surface area (Å²) >= 11 is 3.96. The van der Waals surface area contributed by atoms with E-state index >= 15 is 0 Å². The standard InChI is InChI=1S/C5H11NOS/c1-3-7-5(6)4(2)8/h8H,3,6H2,1-2H3/b5-4-. The summed E-state index contributed by atoms with van der Waals surface area (Å²) in [6.07, 6.45) is 0. The second kappa shape index (κ2) is 3.66. The summed E-state index contributed by atoms with van der Waals surface area (Å²) in [5.41, 5.74) is 5.31. The van der Waals surface area contributed by atoms with E-state index in [1.165, 1.54) is 0 Å². The summed E-state index contributed by atoms with van der Waals surface area (Å²) < 4.78 is 4.88. The molecule has 0 aliphatic rings. The van der Waals surface area contributed by atoms with E-state index in [1.807, 2.05) is 6.92 Å². The topological polar surface area (TPSA) is 35.2 Å². The van der Waals surface area contributed by atoms with Crippen molar-refractivity contribution in [2.45, 2.75) is 13.8 Å². The molecule has 0 aromatic rings. The van der Waals surface area contributed by atoms with Crippen molar-refractivity contribution in [3.05, 3.63) is 10.8 Å². The lowest BCUT2D eigenvalue weighted by molar-refractivity contribution is 0.225. The molecule has 0 fully saturated rings. The maximum Gasteiger partial charge on any atom is 0.193 e. The fraction of sp³-hybridized carbons (Fsp3) is 0.600. The molecule has 0 unspecified atom stereocenters. The molecule has 0 bridgehead atoms. The highest BCUT2D eigenvalue weighted by Crippen LogP contribution is 2.01. The summed E-state index contributed by atoms with van der Waals surface area (Å²) in [7, 11) is 0. The third-order valence-electron chi connectivity index (χ3n) is 0.656. The van der Waals surface area contributed by atoms with Crippen LogP contribution in [0.5, 0.6) is 0 Å². The van der Waals surface area contributed by atoms with Crippen LogP contribution in [-0.4, -0.2) is 6.61 Å². The number of ether oxygens (including phenoxy) is 1. The van der Waals surface area contributed by atoms with E-state index in [-0.39, 0.29) is 0 Å². The van der Waals surface area contributed by atoms with Crippen LogP contribution in [-0.2, 0) is 4.74 Å². The van der Waals surface area contributed by atoms with Gasteiger partial charge in [-0.15, -0.1) is 12.6 Å². The summed E-state index contributed by atoms with van der Waals surface area (Å²) in [5.74, 6) is 0.413. The van der Waals surface area contributed by atoms with Crippen LogP contribution in [0.25, 0.3) is 0 Å². The SMILES string of the molecule is CCO/C(N)=C(/C)S. The fourth-order valence-electron chi connectivity index (χ4n) is 0.260. The van der Waals surface area contributed by atoms with Crippen molar-refractivity contribution in [3.8, 4) is 0 Å². The number of nitrogens with two attached hydrogens (primary N) is 1. The molecule has 0 spiro atoms. The van der Waals surface area contributed by atoms with Crippen molar-refractivity contribution in [1.29, 1.82) is 0 Å². The predicted molar refractivity (Wildman–Crippen MR) is 37.5 cm³/mol. The molecule has 0 aliphatic heterocycles. The molecule has 2 N–H and O–H groups in total. The molecule has 0 rings (SSSR count). The van der Waals surface area contributed by atoms with Crippen molar-refractivity contribution in [2.24, 2.45) is 5.73 Å². The Morgan fingerprint density at radius 2 is 2.25 bits per heavy atom. The molecular weight excluding hydrogens is 122 g/mol. The second-order valence-electron chi connectivity index (χ2n) is 1.38. The molecular formula is C5H11NOS. The Balaban J connectivity index is 3.62. The molecule has 0 amide bonds. The molecule has 2 nitrogen and oxygen atoms in total. The van der Waals surface area contributed by atoms with E-state index in [9.17, 15) is 0 Å². The highest BCUT2D eigenvalue weighted by atomic mass is 32.1. The molecule has 8 heavy (non-hydrogen) atoms. The maximum atomic E-state index is 5.31. The van der Waals surface area contributed by atoms with Gasteiger partial charge < -0.3 is 10.5 Å². The van der Waals surface area contributed by atoms with Gasteiger partial charge in [0.1, 0.15) is 0 Å². The van der Waals surface area contributed by atoms with Gasteiger partial charge >= 0.3 is 0 Å². The van der Waals surface area contributed by atoms with Crippen LogP contribution < -0.4 is 5.73 Å². The third kappa shape index (κ3) is 2.80. The van der Waals surface area contributed by atoms with E-state index in [1.54, 1.807) is 6.92 Å². The Kier molecular flexibility index (Phi) is 3.52. The van der Waals surface area contributed by atoms with Gasteiger partial charge in [0, 0.05) is 4.91 Å². The highest BCUT2D eigenvalue weighted by Gasteiger charge is 1.88. The number of rotatable bonds is 2. The minimum Gasteiger partial charge on any atom is -0.479 e. The van der Waals surface area contributed by atoms with Crippen molar-refractivity contribution in [1.82, 2.24) is 0 Å². The van der Waals surface area contributed by atoms with E-state index < -0.39 is 0 Å². The molecule has 0 aliphatic carbocycles. The van der Waals surface area contributed by atoms with Crippen LogP contribution in [0.4, 0.5) is 0 Å². The first-order valence-electron chi connectivity index (χ1n) is 2.46. The number of hydrogen-bond donors (Lipinski definition) is 2. The van der Waals surface area contributed by atoms with Crippen molar-refractivity contribution in [3.63, 3.8) is 0 Å². The van der Waals surface area contributed by atoms with E-state index in [0.717, 1.165) is 4.91 Å². The maximum absolute atomic E-state index is 5.31. The summed E-state index contributed by atoms with van der Waals surface area (Å²) in [4.78, 5) is 0.729. The summed E-state index contributed by atoms with van der Waals surface area (Å²) in [5, 5.41) is 0. The lowest BCUT2D eigenvalue weighted by Gasteiger charge is -2.01. The number of hydrogen-bond acceptors (Lipinski definition) is 3. The smallest absolute Gasteiger partial charge is 0.193 e. The van der Waals surface area contributed by atoms with E-state index in [4.69, 9.17) is 10.5 Å². The van der Waals surface area contributed by atoms with Crippen LogP contribution in [0.15, 0.2) is 10.8 Å². The Bertz CT molecular complexity index is 96.6. The molecule has 0 atom stereocenters. The van der Waals surface area contributed by atoms with Gasteiger partial charge in [0.05, 0.1) is 6.61 Å². The van der Waals surface area contributed by atoms with E-state index in [2.05, 4.69) is 12.6 Å². The van der Waals surface area contributed by atoms with E-state index in [0.29, 0.717) is 12.5 Å². The zero-order valence-electron chi connectivity index (χ0n) is 5.14. The zero-order valence-corrected chi connectivity index (χ0v) is 6.03. The first-order chi connectivity index (χ1) is 3.68. The molecule has 3 heteroatoms. The van der Waals surface area contributed by atoms with Crippen molar-refractivity contribution >= 4 is 12.6 Å². The number of thiol groups is 1. The normalized spacial score (nSPS) is 12.9. The van der Waals surface area contributed by atoms with Crippen molar-refractivity contribution in [2.75, 3.05) is 6.61 Å². The monoisotopic (exact) mass is 133 g/mol. The Hall–Kier alpha value is -0.310. The zero-order chi connectivity index (χ0) is 6.57. The largest absolute Gasteiger partial charge is 0.479 e. The minimum absolute atomic E-state index is 0.413. The lowest BCUT2D eigenvalue weighted by atomic mass is 10.6. The van der Waals surface area contributed by atoms with Crippen LogP contribution in [0.1, 0.15) is 13.8 Å². The lowest BCUT2D eigenvalue weighted by Crippen LogP contribution is -2.03. The number of allylic oxidation sites excluding steroid dienone is 1. The van der Waals surface area contributed by atoms with Gasteiger partial charge in [-0.05, 0) is 13.8 Å². The molecule has 48 valence electrons. The first-order valence-corrected chi connectivity index (χ1v) is 2.91. The van der Waals surface area contributed by atoms with Gasteiger partial charge in [-0.1, -0.05) is 0 Å². The molecule has 0 saturated heterocycles. The molecule has 0 heterocycles. The first kappa shape index (κ1) is 7.69. The van der Waals surface area contributed by atoms with Crippen LogP contribution in [0, 0.1) is 0 Å². The fourth-order valence-corrected chi connectivity index (χ4v) is 0.324. The van der Waals surface area contributed by atoms with Gasteiger partial charge in [-0.25, -0.2) is 0 Å². The van der Waals surface area contributed by atoms with Crippen molar-refractivity contribution < 1.29 is 4.74 Å². The van der Waals surface area contributed by atoms with Crippen LogP contribution in [0.2, 0.25) is 0 Å². The minimum atomic E-state index is 0.413.